The molecule has 0 amide bonds. The lowest BCUT2D eigenvalue weighted by atomic mass is 10.0. The van der Waals surface area contributed by atoms with Crippen molar-refractivity contribution in [3.8, 4) is 0 Å². The van der Waals surface area contributed by atoms with Crippen LogP contribution in [0.25, 0.3) is 4.85 Å². The van der Waals surface area contributed by atoms with Crippen molar-refractivity contribution in [2.24, 2.45) is 5.73 Å². The fourth-order valence-electron chi connectivity index (χ4n) is 1.30. The van der Waals surface area contributed by atoms with Gasteiger partial charge < -0.3 is 15.9 Å². The number of aliphatic hydroxyl groups excluding tert-OH is 2. The molecule has 0 unspecified atom stereocenters. The normalized spacial score (nSPS) is 14.3. The predicted octanol–water partition coefficient (Wildman–Crippen LogP) is 0.980. The Labute approximate surface area is 88.8 Å². The van der Waals surface area contributed by atoms with Crippen LogP contribution in [0.15, 0.2) is 24.3 Å². The minimum absolute atomic E-state index is 0.153. The van der Waals surface area contributed by atoms with Gasteiger partial charge in [-0.05, 0) is 12.0 Å². The maximum Gasteiger partial charge on any atom is 0.187 e. The van der Waals surface area contributed by atoms with Crippen molar-refractivity contribution in [1.29, 1.82) is 0 Å². The number of nitrogens with zero attached hydrogens (tertiary/aromatic N) is 1. The molecule has 4 heteroatoms. The van der Waals surface area contributed by atoms with Crippen molar-refractivity contribution >= 4 is 5.69 Å². The highest BCUT2D eigenvalue weighted by Gasteiger charge is 2.12. The summed E-state index contributed by atoms with van der Waals surface area (Å²) in [6.07, 6.45) is -0.438. The summed E-state index contributed by atoms with van der Waals surface area (Å²) in [5.41, 5.74) is 6.66. The Bertz CT molecular complexity index is 360. The van der Waals surface area contributed by atoms with Crippen LogP contribution in [-0.4, -0.2) is 22.9 Å². The molecule has 4 N–H and O–H groups in total. The van der Waals surface area contributed by atoms with Gasteiger partial charge in [0.25, 0.3) is 0 Å². The van der Waals surface area contributed by atoms with Crippen LogP contribution in [0.1, 0.15) is 18.1 Å². The zero-order valence-corrected chi connectivity index (χ0v) is 8.30. The Kier molecular flexibility index (Phi) is 4.25. The van der Waals surface area contributed by atoms with E-state index in [-0.39, 0.29) is 13.0 Å². The van der Waals surface area contributed by atoms with Gasteiger partial charge in [0.05, 0.1) is 19.3 Å². The number of hydrogen-bond donors (Lipinski definition) is 3. The summed E-state index contributed by atoms with van der Waals surface area (Å²) >= 11 is 0. The van der Waals surface area contributed by atoms with E-state index in [4.69, 9.17) is 17.4 Å². The van der Waals surface area contributed by atoms with Gasteiger partial charge in [0.1, 0.15) is 0 Å². The molecule has 0 bridgehead atoms. The number of nitrogens with two attached hydrogens (primary N) is 1. The molecule has 0 aliphatic rings. The third-order valence-electron chi connectivity index (χ3n) is 2.14. The molecular weight excluding hydrogens is 192 g/mol. The summed E-state index contributed by atoms with van der Waals surface area (Å²) in [4.78, 5) is 3.27. The number of rotatable bonds is 4. The van der Waals surface area contributed by atoms with Gasteiger partial charge in [0.2, 0.25) is 0 Å². The molecule has 1 aromatic rings. The molecule has 0 aromatic heterocycles. The van der Waals surface area contributed by atoms with E-state index >= 15 is 0 Å². The first-order chi connectivity index (χ1) is 7.17. The van der Waals surface area contributed by atoms with Crippen LogP contribution >= 0.6 is 0 Å². The molecule has 0 saturated carbocycles. The van der Waals surface area contributed by atoms with E-state index < -0.39 is 12.1 Å². The topological polar surface area (TPSA) is 70.8 Å². The lowest BCUT2D eigenvalue weighted by Gasteiger charge is -2.14. The molecule has 4 nitrogen and oxygen atoms in total. The molecule has 2 atom stereocenters. The first kappa shape index (κ1) is 11.7. The van der Waals surface area contributed by atoms with E-state index in [1.807, 2.05) is 0 Å². The average molecular weight is 206 g/mol. The van der Waals surface area contributed by atoms with Gasteiger partial charge in [0, 0.05) is 6.04 Å². The van der Waals surface area contributed by atoms with E-state index in [0.717, 1.165) is 0 Å². The molecule has 0 heterocycles. The van der Waals surface area contributed by atoms with Gasteiger partial charge in [0.15, 0.2) is 5.69 Å². The van der Waals surface area contributed by atoms with Crippen LogP contribution in [0.2, 0.25) is 0 Å². The van der Waals surface area contributed by atoms with Crippen LogP contribution in [-0.2, 0) is 0 Å². The van der Waals surface area contributed by atoms with Gasteiger partial charge in [-0.2, -0.15) is 0 Å². The Hall–Kier alpha value is -1.41. The molecule has 80 valence electrons. The average Bonchev–Trinajstić information content (AvgIpc) is 2.28. The fraction of sp³-hybridized carbons (Fsp3) is 0.364. The maximum absolute atomic E-state index is 9.75. The zero-order chi connectivity index (χ0) is 11.3. The molecular formula is C11H14N2O2. The summed E-state index contributed by atoms with van der Waals surface area (Å²) in [7, 11) is 0. The standard InChI is InChI=1S/C11H14N2O2/c1-13-10-4-2-3-8(5-10)11(15)6-9(12)7-14/h2-5,9,11,14-15H,6-7,12H2/t9-,11+/m0/s1. The second-order valence-corrected chi connectivity index (χ2v) is 3.40. The molecule has 15 heavy (non-hydrogen) atoms. The minimum Gasteiger partial charge on any atom is -0.395 e. The molecule has 1 rings (SSSR count). The van der Waals surface area contributed by atoms with Gasteiger partial charge in [-0.3, -0.25) is 0 Å². The molecule has 0 saturated heterocycles. The number of hydrogen-bond acceptors (Lipinski definition) is 3. The Morgan fingerprint density at radius 3 is 2.80 bits per heavy atom. The van der Waals surface area contributed by atoms with Gasteiger partial charge >= 0.3 is 0 Å². The Morgan fingerprint density at radius 2 is 2.20 bits per heavy atom. The van der Waals surface area contributed by atoms with Crippen LogP contribution < -0.4 is 5.73 Å². The minimum atomic E-state index is -0.728. The predicted molar refractivity (Wildman–Crippen MR) is 57.3 cm³/mol. The van der Waals surface area contributed by atoms with Crippen molar-refractivity contribution in [2.75, 3.05) is 6.61 Å². The first-order valence-electron chi connectivity index (χ1n) is 4.69. The van der Waals surface area contributed by atoms with Crippen LogP contribution in [0, 0.1) is 6.57 Å². The summed E-state index contributed by atoms with van der Waals surface area (Å²) < 4.78 is 0. The van der Waals surface area contributed by atoms with E-state index in [9.17, 15) is 5.11 Å². The lowest BCUT2D eigenvalue weighted by molar-refractivity contribution is 0.140. The monoisotopic (exact) mass is 206 g/mol. The van der Waals surface area contributed by atoms with Gasteiger partial charge in [-0.1, -0.05) is 24.3 Å². The quantitative estimate of drug-likeness (QED) is 0.643. The highest BCUT2D eigenvalue weighted by atomic mass is 16.3. The molecule has 0 spiro atoms. The number of aliphatic hydroxyl groups is 2. The van der Waals surface area contributed by atoms with E-state index in [2.05, 4.69) is 4.85 Å². The lowest BCUT2D eigenvalue weighted by Crippen LogP contribution is -2.26. The third-order valence-corrected chi connectivity index (χ3v) is 2.14. The first-order valence-corrected chi connectivity index (χ1v) is 4.69. The highest BCUT2D eigenvalue weighted by molar-refractivity contribution is 5.47. The van der Waals surface area contributed by atoms with Crippen LogP contribution in [0.4, 0.5) is 5.69 Å². The third kappa shape index (κ3) is 3.33. The van der Waals surface area contributed by atoms with Gasteiger partial charge in [-0.15, -0.1) is 0 Å². The maximum atomic E-state index is 9.75. The Morgan fingerprint density at radius 1 is 1.47 bits per heavy atom. The molecule has 0 radical (unpaired) electrons. The van der Waals surface area contributed by atoms with Crippen LogP contribution in [0.3, 0.4) is 0 Å². The molecule has 0 aliphatic carbocycles. The van der Waals surface area contributed by atoms with Gasteiger partial charge in [-0.25, -0.2) is 4.85 Å². The Balaban J connectivity index is 2.73. The highest BCUT2D eigenvalue weighted by Crippen LogP contribution is 2.22. The van der Waals surface area contributed by atoms with Crippen molar-refractivity contribution in [1.82, 2.24) is 0 Å². The molecule has 1 aromatic carbocycles. The van der Waals surface area contributed by atoms with Crippen molar-refractivity contribution in [3.05, 3.63) is 41.2 Å². The van der Waals surface area contributed by atoms with Crippen molar-refractivity contribution in [2.45, 2.75) is 18.6 Å². The van der Waals surface area contributed by atoms with E-state index in [1.165, 1.54) is 0 Å². The second-order valence-electron chi connectivity index (χ2n) is 3.40. The fourth-order valence-corrected chi connectivity index (χ4v) is 1.30. The molecule has 0 fully saturated rings. The van der Waals surface area contributed by atoms with E-state index in [1.54, 1.807) is 24.3 Å². The van der Waals surface area contributed by atoms with E-state index in [0.29, 0.717) is 11.3 Å². The SMILES string of the molecule is [C-]#[N+]c1cccc([C@H](O)C[C@H](N)CO)c1. The largest absolute Gasteiger partial charge is 0.395 e. The zero-order valence-electron chi connectivity index (χ0n) is 8.30. The van der Waals surface area contributed by atoms with Crippen LogP contribution in [0.5, 0.6) is 0 Å². The summed E-state index contributed by atoms with van der Waals surface area (Å²) in [6.45, 7) is 6.68. The van der Waals surface area contributed by atoms with Crippen molar-refractivity contribution in [3.63, 3.8) is 0 Å². The van der Waals surface area contributed by atoms with Crippen molar-refractivity contribution < 1.29 is 10.2 Å². The number of benzene rings is 1. The summed E-state index contributed by atoms with van der Waals surface area (Å²) in [5.74, 6) is 0. The second kappa shape index (κ2) is 5.47. The smallest absolute Gasteiger partial charge is 0.187 e. The summed E-state index contributed by atoms with van der Waals surface area (Å²) in [6, 6.07) is 6.33. The summed E-state index contributed by atoms with van der Waals surface area (Å²) in [5, 5.41) is 18.5. The molecule has 0 aliphatic heterocycles.